The topological polar surface area (TPSA) is 385 Å². The zero-order valence-corrected chi connectivity index (χ0v) is 28.9. The fourth-order valence-electron chi connectivity index (χ4n) is 6.80. The number of aliphatic hydroxyl groups excluding tert-OH is 14. The Balaban J connectivity index is 1.09. The standard InChI is InChI=1S/C30H50O25/c31-1-8-14(34)22(42)30(50-8)55-24-12(54-28-21(41)16(36)10(4-48-28)52-26-19(39)13(33)7(32)2-46-26)6-49-29(23(24)43)53-11-5-47-27(20(40)17(11)37)51-9-3-45-25(44)18(38)15(9)35/h7-44H,1-6H2. The van der Waals surface area contributed by atoms with Gasteiger partial charge in [0.25, 0.3) is 0 Å². The molecule has 6 aliphatic heterocycles. The Morgan fingerprint density at radius 2 is 0.764 bits per heavy atom. The molecule has 6 saturated heterocycles. The molecule has 0 radical (unpaired) electrons. The summed E-state index contributed by atoms with van der Waals surface area (Å²) in [5.41, 5.74) is 0. The first-order valence-electron chi connectivity index (χ1n) is 17.6. The highest BCUT2D eigenvalue weighted by atomic mass is 16.8. The molecule has 24 unspecified atom stereocenters. The van der Waals surface area contributed by atoms with Crippen LogP contribution in [-0.2, 0) is 52.1 Å². The quantitative estimate of drug-likeness (QED) is 0.0921. The van der Waals surface area contributed by atoms with E-state index in [4.69, 9.17) is 52.1 Å². The van der Waals surface area contributed by atoms with Crippen LogP contribution in [0.5, 0.6) is 0 Å². The summed E-state index contributed by atoms with van der Waals surface area (Å²) in [6, 6.07) is 0. The third-order valence-electron chi connectivity index (χ3n) is 10.2. The SMILES string of the molecule is OCC1OC(OC2C(OC3OCC(OC4OCC(O)C(O)C4O)C(O)C3O)COC(OC3COC(OC4COC(O)C(O)C4O)C(O)C3O)C2O)C(O)C1O. The molecule has 14 N–H and O–H groups in total. The second-order valence-electron chi connectivity index (χ2n) is 14.0. The van der Waals surface area contributed by atoms with E-state index >= 15 is 0 Å². The van der Waals surface area contributed by atoms with E-state index in [2.05, 4.69) is 0 Å². The van der Waals surface area contributed by atoms with E-state index in [0.717, 1.165) is 0 Å². The van der Waals surface area contributed by atoms with Crippen molar-refractivity contribution < 1.29 is 124 Å². The Labute approximate surface area is 311 Å². The Bertz CT molecular complexity index is 1210. The van der Waals surface area contributed by atoms with Crippen LogP contribution in [0.15, 0.2) is 0 Å². The maximum atomic E-state index is 11.4. The third kappa shape index (κ3) is 9.26. The summed E-state index contributed by atoms with van der Waals surface area (Å²) in [7, 11) is 0. The maximum absolute atomic E-state index is 11.4. The minimum atomic E-state index is -1.89. The van der Waals surface area contributed by atoms with E-state index in [0.29, 0.717) is 0 Å². The van der Waals surface area contributed by atoms with Gasteiger partial charge >= 0.3 is 0 Å². The molecule has 25 heteroatoms. The second kappa shape index (κ2) is 18.5. The van der Waals surface area contributed by atoms with Gasteiger partial charge in [0.15, 0.2) is 37.7 Å². The van der Waals surface area contributed by atoms with Gasteiger partial charge in [0.1, 0.15) is 110 Å². The van der Waals surface area contributed by atoms with Crippen molar-refractivity contribution in [1.29, 1.82) is 0 Å². The summed E-state index contributed by atoms with van der Waals surface area (Å²) in [6.07, 6.45) is -38.6. The van der Waals surface area contributed by atoms with Crippen LogP contribution in [0.2, 0.25) is 0 Å². The number of hydrogen-bond acceptors (Lipinski definition) is 25. The highest BCUT2D eigenvalue weighted by Gasteiger charge is 2.53. The zero-order valence-electron chi connectivity index (χ0n) is 28.9. The van der Waals surface area contributed by atoms with E-state index in [1.165, 1.54) is 0 Å². The van der Waals surface area contributed by atoms with Gasteiger partial charge in [-0.2, -0.15) is 0 Å². The van der Waals surface area contributed by atoms with Gasteiger partial charge in [0.2, 0.25) is 0 Å². The molecule has 6 heterocycles. The third-order valence-corrected chi connectivity index (χ3v) is 10.2. The predicted molar refractivity (Wildman–Crippen MR) is 163 cm³/mol. The summed E-state index contributed by atoms with van der Waals surface area (Å²) in [4.78, 5) is 0. The molecular formula is C30H50O25. The zero-order chi connectivity index (χ0) is 39.9. The van der Waals surface area contributed by atoms with Gasteiger partial charge in [-0.3, -0.25) is 0 Å². The van der Waals surface area contributed by atoms with Gasteiger partial charge in [0, 0.05) is 0 Å². The van der Waals surface area contributed by atoms with E-state index < -0.39 is 187 Å². The van der Waals surface area contributed by atoms with E-state index in [-0.39, 0.29) is 0 Å². The summed E-state index contributed by atoms with van der Waals surface area (Å²) >= 11 is 0. The monoisotopic (exact) mass is 810 g/mol. The van der Waals surface area contributed by atoms with E-state index in [9.17, 15) is 71.5 Å². The maximum Gasteiger partial charge on any atom is 0.187 e. The lowest BCUT2D eigenvalue weighted by molar-refractivity contribution is -0.372. The molecule has 0 aromatic heterocycles. The minimum absolute atomic E-state index is 0.392. The molecular weight excluding hydrogens is 760 g/mol. The Morgan fingerprint density at radius 3 is 1.27 bits per heavy atom. The van der Waals surface area contributed by atoms with Crippen LogP contribution in [0.25, 0.3) is 0 Å². The van der Waals surface area contributed by atoms with Crippen molar-refractivity contribution in [2.24, 2.45) is 0 Å². The van der Waals surface area contributed by atoms with Crippen LogP contribution in [-0.4, -0.2) is 259 Å². The predicted octanol–water partition coefficient (Wildman–Crippen LogP) is -10.3. The molecule has 6 rings (SSSR count). The molecule has 6 fully saturated rings. The summed E-state index contributed by atoms with van der Waals surface area (Å²) in [5, 5.41) is 145. The van der Waals surface area contributed by atoms with Crippen molar-refractivity contribution in [3.8, 4) is 0 Å². The number of ether oxygens (including phenoxy) is 11. The lowest BCUT2D eigenvalue weighted by Gasteiger charge is -2.46. The van der Waals surface area contributed by atoms with Gasteiger partial charge in [-0.1, -0.05) is 0 Å². The molecule has 0 amide bonds. The molecule has 320 valence electrons. The Kier molecular flexibility index (Phi) is 14.7. The van der Waals surface area contributed by atoms with Crippen LogP contribution in [0.3, 0.4) is 0 Å². The first-order chi connectivity index (χ1) is 26.1. The Hall–Kier alpha value is -1.00. The van der Waals surface area contributed by atoms with Crippen molar-refractivity contribution in [3.05, 3.63) is 0 Å². The largest absolute Gasteiger partial charge is 0.394 e. The van der Waals surface area contributed by atoms with Crippen LogP contribution >= 0.6 is 0 Å². The molecule has 25 nitrogen and oxygen atoms in total. The molecule has 55 heavy (non-hydrogen) atoms. The highest BCUT2D eigenvalue weighted by Crippen LogP contribution is 2.33. The molecule has 0 bridgehead atoms. The van der Waals surface area contributed by atoms with Crippen molar-refractivity contribution in [2.75, 3.05) is 39.6 Å². The summed E-state index contributed by atoms with van der Waals surface area (Å²) in [6.45, 7) is -3.00. The van der Waals surface area contributed by atoms with Crippen molar-refractivity contribution in [1.82, 2.24) is 0 Å². The Morgan fingerprint density at radius 1 is 0.364 bits per heavy atom. The second-order valence-corrected chi connectivity index (χ2v) is 14.0. The van der Waals surface area contributed by atoms with Gasteiger partial charge in [0.05, 0.1) is 39.6 Å². The van der Waals surface area contributed by atoms with Crippen LogP contribution in [0.1, 0.15) is 0 Å². The minimum Gasteiger partial charge on any atom is -0.394 e. The van der Waals surface area contributed by atoms with Crippen LogP contribution in [0, 0.1) is 0 Å². The normalized spacial score (nSPS) is 54.0. The lowest BCUT2D eigenvalue weighted by Crippen LogP contribution is -2.64. The summed E-state index contributed by atoms with van der Waals surface area (Å²) in [5.74, 6) is 0. The fraction of sp³-hybridized carbons (Fsp3) is 1.00. The van der Waals surface area contributed by atoms with Crippen molar-refractivity contribution in [3.63, 3.8) is 0 Å². The van der Waals surface area contributed by atoms with Gasteiger partial charge in [-0.05, 0) is 0 Å². The number of hydrogen-bond donors (Lipinski definition) is 14. The fourth-order valence-corrected chi connectivity index (χ4v) is 6.80. The molecule has 0 spiro atoms. The van der Waals surface area contributed by atoms with Gasteiger partial charge in [-0.25, -0.2) is 0 Å². The molecule has 0 saturated carbocycles. The molecule has 0 aromatic rings. The molecule has 6 aliphatic rings. The lowest BCUT2D eigenvalue weighted by atomic mass is 10.0. The van der Waals surface area contributed by atoms with Crippen LogP contribution < -0.4 is 0 Å². The first-order valence-corrected chi connectivity index (χ1v) is 17.6. The van der Waals surface area contributed by atoms with Crippen LogP contribution in [0.4, 0.5) is 0 Å². The van der Waals surface area contributed by atoms with Gasteiger partial charge < -0.3 is 124 Å². The summed E-state index contributed by atoms with van der Waals surface area (Å²) < 4.78 is 60.5. The molecule has 24 atom stereocenters. The highest BCUT2D eigenvalue weighted by molar-refractivity contribution is 4.95. The van der Waals surface area contributed by atoms with Crippen molar-refractivity contribution in [2.45, 2.75) is 148 Å². The number of rotatable bonds is 11. The van der Waals surface area contributed by atoms with E-state index in [1.54, 1.807) is 0 Å². The molecule has 0 aromatic carbocycles. The average molecular weight is 811 g/mol. The smallest absolute Gasteiger partial charge is 0.187 e. The average Bonchev–Trinajstić information content (AvgIpc) is 3.44. The van der Waals surface area contributed by atoms with Crippen molar-refractivity contribution >= 4 is 0 Å². The van der Waals surface area contributed by atoms with Gasteiger partial charge in [-0.15, -0.1) is 0 Å². The van der Waals surface area contributed by atoms with E-state index in [1.807, 2.05) is 0 Å². The number of aliphatic hydroxyl groups is 14. The molecule has 0 aliphatic carbocycles. The first kappa shape index (κ1) is 43.6.